The molecule has 9 heteroatoms. The van der Waals surface area contributed by atoms with Crippen LogP contribution in [0.15, 0.2) is 34.6 Å². The minimum atomic E-state index is -4.42. The number of ether oxygens (including phenoxy) is 1. The molecule has 0 aliphatic carbocycles. The van der Waals surface area contributed by atoms with Crippen LogP contribution in [0.25, 0.3) is 0 Å². The molecule has 0 radical (unpaired) electrons. The number of halogens is 3. The van der Waals surface area contributed by atoms with Gasteiger partial charge in [0.1, 0.15) is 5.01 Å². The summed E-state index contributed by atoms with van der Waals surface area (Å²) in [5.41, 5.74) is 1.04. The van der Waals surface area contributed by atoms with Crippen molar-refractivity contribution in [2.75, 3.05) is 7.05 Å². The van der Waals surface area contributed by atoms with Gasteiger partial charge in [-0.15, -0.1) is 11.3 Å². The molecule has 0 fully saturated rings. The van der Waals surface area contributed by atoms with E-state index >= 15 is 0 Å². The zero-order valence-corrected chi connectivity index (χ0v) is 17.2. The Morgan fingerprint density at radius 1 is 1.14 bits per heavy atom. The van der Waals surface area contributed by atoms with Gasteiger partial charge >= 0.3 is 6.18 Å². The van der Waals surface area contributed by atoms with Gasteiger partial charge in [0.15, 0.2) is 11.7 Å². The normalized spacial score (nSPS) is 12.9. The van der Waals surface area contributed by atoms with Crippen molar-refractivity contribution >= 4 is 17.3 Å². The van der Waals surface area contributed by atoms with E-state index in [1.54, 1.807) is 7.05 Å². The molecule has 1 aromatic heterocycles. The molecule has 0 bridgehead atoms. The first-order chi connectivity index (χ1) is 13.1. The second-order valence-electron chi connectivity index (χ2n) is 7.12. The molecule has 0 saturated heterocycles. The molecule has 2 N–H and O–H groups in total. The molecule has 0 amide bonds. The minimum Gasteiger partial charge on any atom is -0.371 e. The van der Waals surface area contributed by atoms with E-state index in [4.69, 9.17) is 4.74 Å². The Kier molecular flexibility index (Phi) is 7.42. The predicted octanol–water partition coefficient (Wildman–Crippen LogP) is 4.34. The highest BCUT2D eigenvalue weighted by molar-refractivity contribution is 7.09. The molecule has 0 aliphatic heterocycles. The van der Waals surface area contributed by atoms with Crippen LogP contribution in [0.1, 0.15) is 42.6 Å². The lowest BCUT2D eigenvalue weighted by Gasteiger charge is -2.19. The topological polar surface area (TPSA) is 58.5 Å². The Morgan fingerprint density at radius 2 is 1.82 bits per heavy atom. The number of rotatable bonds is 6. The van der Waals surface area contributed by atoms with Crippen LogP contribution in [0.2, 0.25) is 0 Å². The third-order valence-electron chi connectivity index (χ3n) is 3.60. The van der Waals surface area contributed by atoms with Crippen molar-refractivity contribution in [1.29, 1.82) is 0 Å². The Labute approximate surface area is 167 Å². The first-order valence-corrected chi connectivity index (χ1v) is 9.63. The molecule has 1 heterocycles. The monoisotopic (exact) mass is 414 g/mol. The molecule has 0 aliphatic rings. The summed E-state index contributed by atoms with van der Waals surface area (Å²) in [6.45, 7) is 7.24. The zero-order valence-electron chi connectivity index (χ0n) is 16.4. The van der Waals surface area contributed by atoms with Crippen molar-refractivity contribution in [2.24, 2.45) is 4.99 Å². The van der Waals surface area contributed by atoms with Crippen LogP contribution >= 0.6 is 11.3 Å². The fraction of sp³-hybridized carbons (Fsp3) is 0.474. The fourth-order valence-electron chi connectivity index (χ4n) is 2.22. The van der Waals surface area contributed by atoms with Gasteiger partial charge in [0.25, 0.3) is 0 Å². The van der Waals surface area contributed by atoms with Crippen LogP contribution in [-0.2, 0) is 30.6 Å². The standard InChI is InChI=1S/C19H25F3N4OS/c1-18(2,3)27-11-14-7-5-6-13(8-14)9-24-17(23-4)25-10-16-26-15(12-28-16)19(20,21)22/h5-8,12H,9-11H2,1-4H3,(H2,23,24,25). The molecular weight excluding hydrogens is 389 g/mol. The van der Waals surface area contributed by atoms with Gasteiger partial charge in [0.2, 0.25) is 0 Å². The average Bonchev–Trinajstić information content (AvgIpc) is 3.09. The first kappa shape index (κ1) is 22.2. The number of aliphatic imine (C=N–C) groups is 1. The summed E-state index contributed by atoms with van der Waals surface area (Å²) in [6, 6.07) is 7.99. The average molecular weight is 414 g/mol. The quantitative estimate of drug-likeness (QED) is 0.545. The predicted molar refractivity (Wildman–Crippen MR) is 105 cm³/mol. The summed E-state index contributed by atoms with van der Waals surface area (Å²) in [6.07, 6.45) is -4.42. The third-order valence-corrected chi connectivity index (χ3v) is 4.44. The van der Waals surface area contributed by atoms with Gasteiger partial charge < -0.3 is 15.4 Å². The van der Waals surface area contributed by atoms with E-state index in [2.05, 4.69) is 20.6 Å². The van der Waals surface area contributed by atoms with E-state index in [9.17, 15) is 13.2 Å². The molecule has 1 aromatic carbocycles. The van der Waals surface area contributed by atoms with Gasteiger partial charge in [-0.05, 0) is 31.9 Å². The van der Waals surface area contributed by atoms with Crippen LogP contribution in [0.4, 0.5) is 13.2 Å². The molecule has 0 atom stereocenters. The lowest BCUT2D eigenvalue weighted by Crippen LogP contribution is -2.36. The molecule has 5 nitrogen and oxygen atoms in total. The van der Waals surface area contributed by atoms with Gasteiger partial charge in [0.05, 0.1) is 18.8 Å². The van der Waals surface area contributed by atoms with Crippen molar-refractivity contribution in [3.8, 4) is 0 Å². The van der Waals surface area contributed by atoms with Crippen molar-refractivity contribution in [1.82, 2.24) is 15.6 Å². The number of alkyl halides is 3. The molecule has 154 valence electrons. The molecule has 0 spiro atoms. The van der Waals surface area contributed by atoms with Crippen LogP contribution in [0.3, 0.4) is 0 Å². The zero-order chi connectivity index (χ0) is 20.8. The summed E-state index contributed by atoms with van der Waals surface area (Å²) in [7, 11) is 1.60. The van der Waals surface area contributed by atoms with E-state index in [1.165, 1.54) is 0 Å². The highest BCUT2D eigenvalue weighted by Gasteiger charge is 2.33. The number of thiazole rings is 1. The SMILES string of the molecule is CN=C(NCc1cccc(COC(C)(C)C)c1)NCc1nc(C(F)(F)F)cs1. The maximum absolute atomic E-state index is 12.6. The molecule has 2 rings (SSSR count). The van der Waals surface area contributed by atoms with Gasteiger partial charge in [-0.3, -0.25) is 4.99 Å². The number of benzene rings is 1. The van der Waals surface area contributed by atoms with Crippen LogP contribution < -0.4 is 10.6 Å². The number of aromatic nitrogens is 1. The second kappa shape index (κ2) is 9.38. The van der Waals surface area contributed by atoms with E-state index in [0.29, 0.717) is 24.1 Å². The summed E-state index contributed by atoms with van der Waals surface area (Å²) in [5, 5.41) is 7.48. The number of nitrogens with one attached hydrogen (secondary N) is 2. The lowest BCUT2D eigenvalue weighted by molar-refractivity contribution is -0.140. The van der Waals surface area contributed by atoms with Gasteiger partial charge in [-0.25, -0.2) is 4.98 Å². The smallest absolute Gasteiger partial charge is 0.371 e. The number of guanidine groups is 1. The van der Waals surface area contributed by atoms with Gasteiger partial charge in [0, 0.05) is 19.0 Å². The maximum atomic E-state index is 12.6. The molecular formula is C19H25F3N4OS. The summed E-state index contributed by atoms with van der Waals surface area (Å²) >= 11 is 0.962. The van der Waals surface area contributed by atoms with Crippen molar-refractivity contribution in [3.63, 3.8) is 0 Å². The molecule has 0 unspecified atom stereocenters. The van der Waals surface area contributed by atoms with E-state index in [-0.39, 0.29) is 12.1 Å². The lowest BCUT2D eigenvalue weighted by atomic mass is 10.1. The maximum Gasteiger partial charge on any atom is 0.434 e. The van der Waals surface area contributed by atoms with E-state index in [1.807, 2.05) is 45.0 Å². The van der Waals surface area contributed by atoms with E-state index in [0.717, 1.165) is 27.8 Å². The molecule has 0 saturated carbocycles. The third kappa shape index (κ3) is 7.47. The molecule has 28 heavy (non-hydrogen) atoms. The van der Waals surface area contributed by atoms with Crippen LogP contribution in [0, 0.1) is 0 Å². The van der Waals surface area contributed by atoms with Gasteiger partial charge in [-0.1, -0.05) is 24.3 Å². The summed E-state index contributed by atoms with van der Waals surface area (Å²) in [4.78, 5) is 7.68. The van der Waals surface area contributed by atoms with Gasteiger partial charge in [-0.2, -0.15) is 13.2 Å². The highest BCUT2D eigenvalue weighted by atomic mass is 32.1. The highest BCUT2D eigenvalue weighted by Crippen LogP contribution is 2.29. The number of hydrogen-bond donors (Lipinski definition) is 2. The second-order valence-corrected chi connectivity index (χ2v) is 8.07. The van der Waals surface area contributed by atoms with Crippen LogP contribution in [-0.4, -0.2) is 23.6 Å². The largest absolute Gasteiger partial charge is 0.434 e. The number of nitrogens with zero attached hydrogens (tertiary/aromatic N) is 2. The van der Waals surface area contributed by atoms with Crippen molar-refractivity contribution in [2.45, 2.75) is 52.2 Å². The summed E-state index contributed by atoms with van der Waals surface area (Å²) in [5.74, 6) is 0.486. The number of hydrogen-bond acceptors (Lipinski definition) is 4. The minimum absolute atomic E-state index is 0.167. The fourth-order valence-corrected chi connectivity index (χ4v) is 2.96. The van der Waals surface area contributed by atoms with Crippen molar-refractivity contribution in [3.05, 3.63) is 51.5 Å². The van der Waals surface area contributed by atoms with Crippen molar-refractivity contribution < 1.29 is 17.9 Å². The Balaban J connectivity index is 1.86. The first-order valence-electron chi connectivity index (χ1n) is 8.75. The Hall–Kier alpha value is -2.13. The Morgan fingerprint density at radius 3 is 2.43 bits per heavy atom. The summed E-state index contributed by atoms with van der Waals surface area (Å²) < 4.78 is 43.6. The molecule has 2 aromatic rings. The van der Waals surface area contributed by atoms with Crippen LogP contribution in [0.5, 0.6) is 0 Å². The Bertz CT molecular complexity index is 797. The van der Waals surface area contributed by atoms with E-state index < -0.39 is 11.9 Å².